The van der Waals surface area contributed by atoms with Crippen LogP contribution < -0.4 is 20.9 Å². The first kappa shape index (κ1) is 30.3. The number of carbonyl (C=O) groups excluding carboxylic acids is 1. The number of hydrogen-bond acceptors (Lipinski definition) is 10. The van der Waals surface area contributed by atoms with Gasteiger partial charge in [-0.1, -0.05) is 39.0 Å². The van der Waals surface area contributed by atoms with Crippen LogP contribution in [0.25, 0.3) is 0 Å². The highest BCUT2D eigenvalue weighted by Gasteiger charge is 2.55. The van der Waals surface area contributed by atoms with Gasteiger partial charge in [-0.2, -0.15) is 10.3 Å². The molecule has 1 aromatic heterocycles. The number of esters is 1. The van der Waals surface area contributed by atoms with Gasteiger partial charge in [0, 0.05) is 12.3 Å². The Bertz CT molecular complexity index is 1360. The molecule has 1 aromatic carbocycles. The summed E-state index contributed by atoms with van der Waals surface area (Å²) in [5, 5.41) is 23.3. The second-order valence-corrected chi connectivity index (χ2v) is 12.3. The van der Waals surface area contributed by atoms with Crippen LogP contribution in [0.4, 0.5) is 0 Å². The number of H-pyrrole nitrogens is 1. The van der Waals surface area contributed by atoms with E-state index in [1.165, 1.54) is 26.0 Å². The number of nitrogens with zero attached hydrogens (tertiary/aromatic N) is 2. The van der Waals surface area contributed by atoms with Crippen LogP contribution in [0.5, 0.6) is 5.75 Å². The molecule has 0 radical (unpaired) electrons. The van der Waals surface area contributed by atoms with Gasteiger partial charge in [-0.15, -0.1) is 0 Å². The van der Waals surface area contributed by atoms with Crippen molar-refractivity contribution in [3.8, 4) is 11.8 Å². The highest BCUT2D eigenvalue weighted by molar-refractivity contribution is 7.52. The van der Waals surface area contributed by atoms with Crippen molar-refractivity contribution in [2.75, 3.05) is 13.2 Å². The van der Waals surface area contributed by atoms with Crippen molar-refractivity contribution < 1.29 is 33.0 Å². The second-order valence-electron chi connectivity index (χ2n) is 10.6. The van der Waals surface area contributed by atoms with E-state index >= 15 is 0 Å². The third kappa shape index (κ3) is 7.44. The Balaban J connectivity index is 1.81. The number of aromatic nitrogens is 2. The number of ether oxygens (including phenoxy) is 2. The molecule has 3 rings (SSSR count). The first-order chi connectivity index (χ1) is 18.2. The number of benzene rings is 1. The van der Waals surface area contributed by atoms with Crippen molar-refractivity contribution >= 4 is 13.7 Å². The normalized spacial score (nSPS) is 25.3. The molecule has 2 unspecified atom stereocenters. The second kappa shape index (κ2) is 11.9. The molecule has 1 aliphatic rings. The van der Waals surface area contributed by atoms with E-state index in [0.717, 1.165) is 16.8 Å². The van der Waals surface area contributed by atoms with Gasteiger partial charge >= 0.3 is 19.4 Å². The van der Waals surface area contributed by atoms with Crippen LogP contribution in [0.3, 0.4) is 0 Å². The fraction of sp³-hybridized carbons (Fsp3) is 0.520. The molecule has 13 nitrogen and oxygen atoms in total. The molecular weight excluding hydrogens is 531 g/mol. The minimum atomic E-state index is -4.29. The average Bonchev–Trinajstić information content (AvgIpc) is 3.11. The van der Waals surface area contributed by atoms with Gasteiger partial charge in [0.05, 0.1) is 19.3 Å². The third-order valence-electron chi connectivity index (χ3n) is 5.86. The van der Waals surface area contributed by atoms with Gasteiger partial charge < -0.3 is 19.1 Å². The third-order valence-corrected chi connectivity index (χ3v) is 7.50. The van der Waals surface area contributed by atoms with E-state index in [9.17, 15) is 29.3 Å². The summed E-state index contributed by atoms with van der Waals surface area (Å²) in [7, 11) is -4.29. The number of aromatic amines is 1. The van der Waals surface area contributed by atoms with E-state index in [-0.39, 0.29) is 17.8 Å². The van der Waals surface area contributed by atoms with Gasteiger partial charge in [-0.05, 0) is 31.4 Å². The molecular formula is C25H33N4O9P. The zero-order chi connectivity index (χ0) is 29.0. The highest BCUT2D eigenvalue weighted by atomic mass is 31.2. The SMILES string of the molecule is C[C@H](NP(=O)(OC[C@H]1O[C@@H](n2ccc(=O)[nH]c2=O)[C@](C)(C#N)C1O)Oc1ccccc1)C(=O)OCC(C)(C)C. The van der Waals surface area contributed by atoms with Crippen LogP contribution in [0.15, 0.2) is 52.2 Å². The monoisotopic (exact) mass is 564 g/mol. The Hall–Kier alpha value is -3.27. The molecule has 1 saturated heterocycles. The van der Waals surface area contributed by atoms with Crippen molar-refractivity contribution in [3.05, 3.63) is 63.4 Å². The Labute approximate surface area is 225 Å². The molecule has 2 heterocycles. The molecule has 0 bridgehead atoms. The fourth-order valence-corrected chi connectivity index (χ4v) is 5.22. The van der Waals surface area contributed by atoms with Crippen molar-refractivity contribution in [2.45, 2.75) is 59.1 Å². The summed E-state index contributed by atoms with van der Waals surface area (Å²) in [4.78, 5) is 38.4. The zero-order valence-corrected chi connectivity index (χ0v) is 23.2. The lowest BCUT2D eigenvalue weighted by molar-refractivity contribution is -0.148. The summed E-state index contributed by atoms with van der Waals surface area (Å²) < 4.78 is 37.1. The van der Waals surface area contributed by atoms with Gasteiger partial charge in [0.15, 0.2) is 6.23 Å². The number of aliphatic hydroxyl groups excluding tert-OH is 1. The number of hydrogen-bond donors (Lipinski definition) is 3. The maximum atomic E-state index is 13.8. The van der Waals surface area contributed by atoms with Crippen LogP contribution in [0, 0.1) is 22.2 Å². The van der Waals surface area contributed by atoms with Gasteiger partial charge in [-0.25, -0.2) is 9.36 Å². The van der Waals surface area contributed by atoms with Crippen molar-refractivity contribution in [2.24, 2.45) is 10.8 Å². The lowest BCUT2D eigenvalue weighted by Gasteiger charge is -2.26. The van der Waals surface area contributed by atoms with Crippen LogP contribution >= 0.6 is 7.75 Å². The summed E-state index contributed by atoms with van der Waals surface area (Å²) >= 11 is 0. The minimum Gasteiger partial charge on any atom is -0.464 e. The van der Waals surface area contributed by atoms with E-state index in [0.29, 0.717) is 0 Å². The Kier molecular flexibility index (Phi) is 9.20. The van der Waals surface area contributed by atoms with Gasteiger partial charge in [-0.3, -0.25) is 23.7 Å². The van der Waals surface area contributed by atoms with Crippen LogP contribution in [0.2, 0.25) is 0 Å². The van der Waals surface area contributed by atoms with Crippen molar-refractivity contribution in [1.29, 1.82) is 5.26 Å². The largest absolute Gasteiger partial charge is 0.464 e. The lowest BCUT2D eigenvalue weighted by Crippen LogP contribution is -2.41. The molecule has 0 saturated carbocycles. The summed E-state index contributed by atoms with van der Waals surface area (Å²) in [5.74, 6) is -0.506. The summed E-state index contributed by atoms with van der Waals surface area (Å²) in [6, 6.07) is 10.0. The molecule has 0 aliphatic carbocycles. The average molecular weight is 565 g/mol. The first-order valence-corrected chi connectivity index (χ1v) is 13.7. The van der Waals surface area contributed by atoms with E-state index in [1.54, 1.807) is 18.2 Å². The Morgan fingerprint density at radius 2 is 1.97 bits per heavy atom. The first-order valence-electron chi connectivity index (χ1n) is 12.2. The summed E-state index contributed by atoms with van der Waals surface area (Å²) in [6.45, 7) is 8.06. The topological polar surface area (TPSA) is 182 Å². The number of rotatable bonds is 10. The maximum Gasteiger partial charge on any atom is 0.459 e. The molecule has 0 amide bonds. The lowest BCUT2D eigenvalue weighted by atomic mass is 9.84. The predicted octanol–water partition coefficient (Wildman–Crippen LogP) is 2.10. The predicted molar refractivity (Wildman–Crippen MR) is 139 cm³/mol. The van der Waals surface area contributed by atoms with E-state index in [4.69, 9.17) is 18.5 Å². The van der Waals surface area contributed by atoms with Gasteiger partial charge in [0.1, 0.15) is 29.4 Å². The van der Waals surface area contributed by atoms with E-state index in [1.807, 2.05) is 26.8 Å². The molecule has 6 atom stereocenters. The molecule has 212 valence electrons. The van der Waals surface area contributed by atoms with Crippen LogP contribution in [0.1, 0.15) is 40.8 Å². The number of aliphatic hydroxyl groups is 1. The van der Waals surface area contributed by atoms with Crippen LogP contribution in [-0.4, -0.2) is 52.1 Å². The molecule has 1 fully saturated rings. The maximum absolute atomic E-state index is 13.8. The molecule has 1 aliphatic heterocycles. The smallest absolute Gasteiger partial charge is 0.459 e. The molecule has 0 spiro atoms. The van der Waals surface area contributed by atoms with Gasteiger partial charge in [0.25, 0.3) is 5.56 Å². The number of nitrogens with one attached hydrogen (secondary N) is 2. The fourth-order valence-electron chi connectivity index (χ4n) is 3.72. The molecule has 14 heteroatoms. The standard InChI is InChI=1S/C25H33N4O9P/c1-16(21(32)35-15-24(2,3)4)28-39(34,38-17-9-7-6-8-10-17)36-13-18-20(31)25(5,14-26)22(37-18)29-12-11-19(30)27-23(29)33/h6-12,16,18,20,22,31H,13,15H2,1-5H3,(H,28,34)(H,27,30,33)/t16-,18+,20?,22+,25+,39?/m0/s1. The zero-order valence-electron chi connectivity index (χ0n) is 22.3. The van der Waals surface area contributed by atoms with Crippen LogP contribution in [-0.2, 0) is 23.4 Å². The minimum absolute atomic E-state index is 0.128. The van der Waals surface area contributed by atoms with E-state index < -0.39 is 61.5 Å². The number of para-hydroxylation sites is 1. The van der Waals surface area contributed by atoms with E-state index in [2.05, 4.69) is 10.1 Å². The Morgan fingerprint density at radius 3 is 2.56 bits per heavy atom. The summed E-state index contributed by atoms with van der Waals surface area (Å²) in [5.41, 5.74) is -3.42. The van der Waals surface area contributed by atoms with Crippen molar-refractivity contribution in [3.63, 3.8) is 0 Å². The quantitative estimate of drug-likeness (QED) is 0.284. The molecule has 3 N–H and O–H groups in total. The Morgan fingerprint density at radius 1 is 1.31 bits per heavy atom. The summed E-state index contributed by atoms with van der Waals surface area (Å²) in [6.07, 6.45) is -2.89. The van der Waals surface area contributed by atoms with Crippen molar-refractivity contribution in [1.82, 2.24) is 14.6 Å². The number of carbonyl (C=O) groups is 1. The van der Waals surface area contributed by atoms with Gasteiger partial charge in [0.2, 0.25) is 0 Å². The highest BCUT2D eigenvalue weighted by Crippen LogP contribution is 2.48. The molecule has 2 aromatic rings. The number of nitriles is 1. The molecule has 39 heavy (non-hydrogen) atoms.